The quantitative estimate of drug-likeness (QED) is 0.228. The maximum Gasteiger partial charge on any atom is 0.408 e. The molecular formula is C28H30N2O7. The van der Waals surface area contributed by atoms with Crippen LogP contribution >= 0.6 is 0 Å². The van der Waals surface area contributed by atoms with Crippen LogP contribution in [0.4, 0.5) is 4.79 Å². The van der Waals surface area contributed by atoms with Crippen molar-refractivity contribution >= 4 is 23.8 Å². The summed E-state index contributed by atoms with van der Waals surface area (Å²) in [6.07, 6.45) is -0.648. The highest BCUT2D eigenvalue weighted by molar-refractivity contribution is 6.02. The van der Waals surface area contributed by atoms with Crippen molar-refractivity contribution in [1.29, 1.82) is 0 Å². The number of alkyl carbamates (subject to hydrolysis) is 1. The monoisotopic (exact) mass is 506 g/mol. The smallest absolute Gasteiger partial charge is 0.408 e. The zero-order valence-electron chi connectivity index (χ0n) is 21.0. The van der Waals surface area contributed by atoms with Gasteiger partial charge in [-0.1, -0.05) is 60.7 Å². The number of aromatic amines is 1. The predicted molar refractivity (Wildman–Crippen MR) is 135 cm³/mol. The van der Waals surface area contributed by atoms with Gasteiger partial charge in [0.15, 0.2) is 6.61 Å². The van der Waals surface area contributed by atoms with E-state index in [9.17, 15) is 19.2 Å². The number of Topliss-reactive ketones (excluding diaryl/α,β-unsaturated/α-hetero) is 1. The maximum atomic E-state index is 12.9. The Morgan fingerprint density at radius 2 is 1.49 bits per heavy atom. The minimum Gasteiger partial charge on any atom is -0.462 e. The number of hydrogen-bond donors (Lipinski definition) is 2. The number of aryl methyl sites for hydroxylation is 1. The summed E-state index contributed by atoms with van der Waals surface area (Å²) in [5, 5.41) is 2.54. The summed E-state index contributed by atoms with van der Waals surface area (Å²) in [7, 11) is 0. The number of ether oxygens (including phenoxy) is 3. The molecule has 9 nitrogen and oxygen atoms in total. The van der Waals surface area contributed by atoms with Gasteiger partial charge in [-0.2, -0.15) is 0 Å². The molecule has 0 saturated heterocycles. The third-order valence-electron chi connectivity index (χ3n) is 5.61. The minimum atomic E-state index is -1.08. The maximum absolute atomic E-state index is 12.9. The van der Waals surface area contributed by atoms with Gasteiger partial charge in [0, 0.05) is 12.1 Å². The number of carbonyl (C=O) groups is 4. The summed E-state index contributed by atoms with van der Waals surface area (Å²) in [5.41, 5.74) is 2.92. The predicted octanol–water partition coefficient (Wildman–Crippen LogP) is 4.07. The summed E-state index contributed by atoms with van der Waals surface area (Å²) in [5.74, 6) is -1.85. The number of ketones is 1. The first-order valence-corrected chi connectivity index (χ1v) is 11.9. The van der Waals surface area contributed by atoms with Gasteiger partial charge in [-0.25, -0.2) is 14.4 Å². The molecule has 9 heteroatoms. The standard InChI is InChI=1S/C28H30N2O7/c1-4-35-27(33)24-18(2)25(29-19(24)3)23(31)17-36-26(32)22(15-20-11-7-5-8-12-20)30-28(34)37-16-21-13-9-6-10-14-21/h5-14,22,29H,4,15-17H2,1-3H3,(H,30,34). The molecule has 0 aliphatic rings. The Hall–Kier alpha value is -4.40. The molecule has 0 aliphatic carbocycles. The van der Waals surface area contributed by atoms with Gasteiger partial charge in [0.1, 0.15) is 12.6 Å². The van der Waals surface area contributed by atoms with Crippen LogP contribution in [-0.4, -0.2) is 48.1 Å². The Labute approximate surface area is 215 Å². The lowest BCUT2D eigenvalue weighted by Crippen LogP contribution is -2.44. The van der Waals surface area contributed by atoms with Crippen molar-refractivity contribution in [3.05, 3.63) is 94.3 Å². The first kappa shape index (κ1) is 27.2. The molecule has 0 spiro atoms. The number of esters is 2. The number of rotatable bonds is 11. The van der Waals surface area contributed by atoms with E-state index in [1.807, 2.05) is 60.7 Å². The Bertz CT molecular complexity index is 1240. The fourth-order valence-corrected chi connectivity index (χ4v) is 3.80. The van der Waals surface area contributed by atoms with E-state index >= 15 is 0 Å². The average Bonchev–Trinajstić information content (AvgIpc) is 3.20. The molecule has 1 atom stereocenters. The van der Waals surface area contributed by atoms with E-state index in [0.717, 1.165) is 11.1 Å². The molecule has 3 rings (SSSR count). The molecule has 0 saturated carbocycles. The molecule has 1 amide bonds. The van der Waals surface area contributed by atoms with Crippen LogP contribution in [0.5, 0.6) is 0 Å². The highest BCUT2D eigenvalue weighted by atomic mass is 16.6. The van der Waals surface area contributed by atoms with Crippen molar-refractivity contribution in [2.45, 2.75) is 39.8 Å². The number of hydrogen-bond acceptors (Lipinski definition) is 7. The van der Waals surface area contributed by atoms with Crippen LogP contribution in [0.3, 0.4) is 0 Å². The van der Waals surface area contributed by atoms with Crippen LogP contribution in [0.2, 0.25) is 0 Å². The molecule has 1 unspecified atom stereocenters. The van der Waals surface area contributed by atoms with E-state index in [4.69, 9.17) is 14.2 Å². The zero-order valence-corrected chi connectivity index (χ0v) is 21.0. The molecule has 0 bridgehead atoms. The normalized spacial score (nSPS) is 11.3. The second-order valence-electron chi connectivity index (χ2n) is 8.32. The van der Waals surface area contributed by atoms with E-state index in [1.54, 1.807) is 20.8 Å². The Morgan fingerprint density at radius 1 is 0.865 bits per heavy atom. The highest BCUT2D eigenvalue weighted by Crippen LogP contribution is 2.20. The Balaban J connectivity index is 1.66. The largest absolute Gasteiger partial charge is 0.462 e. The number of aromatic nitrogens is 1. The number of amides is 1. The third-order valence-corrected chi connectivity index (χ3v) is 5.61. The van der Waals surface area contributed by atoms with Crippen LogP contribution in [0, 0.1) is 13.8 Å². The van der Waals surface area contributed by atoms with E-state index < -0.39 is 36.5 Å². The molecule has 1 heterocycles. The van der Waals surface area contributed by atoms with E-state index in [-0.39, 0.29) is 30.9 Å². The minimum absolute atomic E-state index is 0.0342. The first-order valence-electron chi connectivity index (χ1n) is 11.9. The number of nitrogens with one attached hydrogen (secondary N) is 2. The van der Waals surface area contributed by atoms with E-state index in [2.05, 4.69) is 10.3 Å². The average molecular weight is 507 g/mol. The highest BCUT2D eigenvalue weighted by Gasteiger charge is 2.27. The summed E-state index contributed by atoms with van der Waals surface area (Å²) in [6, 6.07) is 17.1. The van der Waals surface area contributed by atoms with Crippen LogP contribution in [0.15, 0.2) is 60.7 Å². The Morgan fingerprint density at radius 3 is 2.11 bits per heavy atom. The van der Waals surface area contributed by atoms with Crippen molar-refractivity contribution < 1.29 is 33.4 Å². The van der Waals surface area contributed by atoms with Gasteiger partial charge in [0.05, 0.1) is 17.9 Å². The summed E-state index contributed by atoms with van der Waals surface area (Å²) >= 11 is 0. The van der Waals surface area contributed by atoms with Crippen molar-refractivity contribution in [1.82, 2.24) is 10.3 Å². The second-order valence-corrected chi connectivity index (χ2v) is 8.32. The number of carbonyl (C=O) groups excluding carboxylic acids is 4. The lowest BCUT2D eigenvalue weighted by Gasteiger charge is -2.17. The lowest BCUT2D eigenvalue weighted by atomic mass is 10.1. The lowest BCUT2D eigenvalue weighted by molar-refractivity contribution is -0.144. The Kier molecular flexibility index (Phi) is 9.60. The molecule has 3 aromatic rings. The van der Waals surface area contributed by atoms with Gasteiger partial charge in [0.25, 0.3) is 0 Å². The van der Waals surface area contributed by atoms with Crippen LogP contribution < -0.4 is 5.32 Å². The van der Waals surface area contributed by atoms with Gasteiger partial charge < -0.3 is 24.5 Å². The molecule has 37 heavy (non-hydrogen) atoms. The number of H-pyrrole nitrogens is 1. The number of benzene rings is 2. The van der Waals surface area contributed by atoms with Crippen LogP contribution in [-0.2, 0) is 32.0 Å². The van der Waals surface area contributed by atoms with E-state index in [1.165, 1.54) is 0 Å². The van der Waals surface area contributed by atoms with Crippen LogP contribution in [0.1, 0.15) is 50.2 Å². The topological polar surface area (TPSA) is 124 Å². The summed E-state index contributed by atoms with van der Waals surface area (Å²) < 4.78 is 15.6. The molecule has 1 aromatic heterocycles. The molecule has 194 valence electrons. The fourth-order valence-electron chi connectivity index (χ4n) is 3.80. The van der Waals surface area contributed by atoms with Crippen LogP contribution in [0.25, 0.3) is 0 Å². The molecule has 0 aliphatic heterocycles. The van der Waals surface area contributed by atoms with Gasteiger partial charge in [-0.15, -0.1) is 0 Å². The van der Waals surface area contributed by atoms with Crippen molar-refractivity contribution in [2.24, 2.45) is 0 Å². The molecular weight excluding hydrogens is 476 g/mol. The fraction of sp³-hybridized carbons (Fsp3) is 0.286. The molecule has 0 fully saturated rings. The molecule has 2 N–H and O–H groups in total. The van der Waals surface area contributed by atoms with Gasteiger partial charge in [-0.05, 0) is 37.5 Å². The SMILES string of the molecule is CCOC(=O)c1c(C)[nH]c(C(=O)COC(=O)C(Cc2ccccc2)NC(=O)OCc2ccccc2)c1C. The molecule has 2 aromatic carbocycles. The van der Waals surface area contributed by atoms with Gasteiger partial charge in [0.2, 0.25) is 5.78 Å². The summed E-state index contributed by atoms with van der Waals surface area (Å²) in [6.45, 7) is 4.63. The van der Waals surface area contributed by atoms with Crippen molar-refractivity contribution in [3.8, 4) is 0 Å². The summed E-state index contributed by atoms with van der Waals surface area (Å²) in [4.78, 5) is 53.2. The van der Waals surface area contributed by atoms with Gasteiger partial charge >= 0.3 is 18.0 Å². The molecule has 0 radical (unpaired) electrons. The van der Waals surface area contributed by atoms with Crippen molar-refractivity contribution in [2.75, 3.05) is 13.2 Å². The first-order chi connectivity index (χ1) is 17.8. The zero-order chi connectivity index (χ0) is 26.8. The third kappa shape index (κ3) is 7.54. The van der Waals surface area contributed by atoms with Crippen molar-refractivity contribution in [3.63, 3.8) is 0 Å². The van der Waals surface area contributed by atoms with E-state index in [0.29, 0.717) is 11.3 Å². The second kappa shape index (κ2) is 13.1. The van der Waals surface area contributed by atoms with Gasteiger partial charge in [-0.3, -0.25) is 4.79 Å².